The molecule has 0 radical (unpaired) electrons. The summed E-state index contributed by atoms with van der Waals surface area (Å²) < 4.78 is 4.99. The number of benzene rings is 1. The molecule has 0 saturated heterocycles. The van der Waals surface area contributed by atoms with Gasteiger partial charge in [0.1, 0.15) is 5.75 Å². The summed E-state index contributed by atoms with van der Waals surface area (Å²) in [7, 11) is 3.23. The van der Waals surface area contributed by atoms with Gasteiger partial charge in [-0.2, -0.15) is 0 Å². The molecule has 0 aliphatic heterocycles. The fourth-order valence-electron chi connectivity index (χ4n) is 1.03. The van der Waals surface area contributed by atoms with Crippen LogP contribution in [0, 0.1) is 5.21 Å². The van der Waals surface area contributed by atoms with Crippen LogP contribution in [0.2, 0.25) is 0 Å². The lowest BCUT2D eigenvalue weighted by molar-refractivity contribution is 0.415. The third-order valence-corrected chi connectivity index (χ3v) is 2.12. The van der Waals surface area contributed by atoms with Gasteiger partial charge in [0.15, 0.2) is 5.11 Å². The number of ether oxygens (including phenoxy) is 1. The van der Waals surface area contributed by atoms with E-state index in [0.29, 0.717) is 22.2 Å². The maximum Gasteiger partial charge on any atom is 0.170 e. The number of rotatable bonds is 3. The van der Waals surface area contributed by atoms with E-state index in [4.69, 9.17) is 17.0 Å². The number of hydrogen-bond donors (Lipinski definition) is 3. The van der Waals surface area contributed by atoms with Gasteiger partial charge in [0.2, 0.25) is 0 Å². The van der Waals surface area contributed by atoms with Crippen LogP contribution in [-0.4, -0.2) is 19.3 Å². The molecule has 82 valence electrons. The first-order valence-corrected chi connectivity index (χ1v) is 4.67. The quantitative estimate of drug-likeness (QED) is 0.536. The fourth-order valence-corrected chi connectivity index (χ4v) is 1.14. The highest BCUT2D eigenvalue weighted by atomic mass is 32.1. The van der Waals surface area contributed by atoms with Crippen LogP contribution in [0.15, 0.2) is 18.2 Å². The fraction of sp³-hybridized carbons (Fsp3) is 0.222. The van der Waals surface area contributed by atoms with Gasteiger partial charge < -0.3 is 26.1 Å². The van der Waals surface area contributed by atoms with Gasteiger partial charge in [0, 0.05) is 13.1 Å². The van der Waals surface area contributed by atoms with Crippen molar-refractivity contribution in [3.63, 3.8) is 0 Å². The molecule has 1 aromatic rings. The Morgan fingerprint density at radius 1 is 1.40 bits per heavy atom. The minimum Gasteiger partial charge on any atom is -0.761 e. The van der Waals surface area contributed by atoms with Crippen molar-refractivity contribution in [2.24, 2.45) is 0 Å². The first kappa shape index (κ1) is 11.5. The summed E-state index contributed by atoms with van der Waals surface area (Å²) in [6.45, 7) is 0. The first-order chi connectivity index (χ1) is 7.21. The Kier molecular flexibility index (Phi) is 4.14. The van der Waals surface area contributed by atoms with Gasteiger partial charge in [0.25, 0.3) is 0 Å². The number of methoxy groups -OCH3 is 1. The van der Waals surface area contributed by atoms with Gasteiger partial charge in [-0.3, -0.25) is 0 Å². The summed E-state index contributed by atoms with van der Waals surface area (Å²) in [6, 6.07) is 5.04. The van der Waals surface area contributed by atoms with Crippen LogP contribution in [0.3, 0.4) is 0 Å². The Bertz CT molecular complexity index is 357. The predicted molar refractivity (Wildman–Crippen MR) is 65.3 cm³/mol. The van der Waals surface area contributed by atoms with E-state index in [0.717, 1.165) is 0 Å². The maximum absolute atomic E-state index is 10.7. The molecule has 0 aliphatic rings. The second-order valence-electron chi connectivity index (χ2n) is 2.72. The highest BCUT2D eigenvalue weighted by molar-refractivity contribution is 7.80. The highest BCUT2D eigenvalue weighted by Crippen LogP contribution is 2.26. The van der Waals surface area contributed by atoms with E-state index >= 15 is 0 Å². The zero-order chi connectivity index (χ0) is 11.3. The second kappa shape index (κ2) is 5.38. The second-order valence-corrected chi connectivity index (χ2v) is 3.13. The summed E-state index contributed by atoms with van der Waals surface area (Å²) in [5.74, 6) is 0.606. The van der Waals surface area contributed by atoms with Gasteiger partial charge in [0.05, 0.1) is 18.5 Å². The molecule has 0 aromatic heterocycles. The van der Waals surface area contributed by atoms with Gasteiger partial charge >= 0.3 is 0 Å². The van der Waals surface area contributed by atoms with Crippen LogP contribution >= 0.6 is 12.2 Å². The Morgan fingerprint density at radius 2 is 2.13 bits per heavy atom. The van der Waals surface area contributed by atoms with E-state index in [1.165, 1.54) is 7.11 Å². The molecule has 0 spiro atoms. The van der Waals surface area contributed by atoms with Crippen LogP contribution in [0.5, 0.6) is 5.75 Å². The molecular formula is C9H12N3O2S-. The largest absolute Gasteiger partial charge is 0.761 e. The van der Waals surface area contributed by atoms with Crippen LogP contribution in [0.25, 0.3) is 0 Å². The minimum atomic E-state index is 0.381. The highest BCUT2D eigenvalue weighted by Gasteiger charge is 2.02. The van der Waals surface area contributed by atoms with E-state index in [2.05, 4.69) is 10.6 Å². The van der Waals surface area contributed by atoms with Crippen molar-refractivity contribution in [1.29, 1.82) is 0 Å². The molecule has 0 bridgehead atoms. The molecule has 0 saturated carbocycles. The van der Waals surface area contributed by atoms with E-state index < -0.39 is 0 Å². The number of thiocarbonyl (C=S) groups is 1. The van der Waals surface area contributed by atoms with Gasteiger partial charge in [-0.1, -0.05) is 0 Å². The summed E-state index contributed by atoms with van der Waals surface area (Å²) >= 11 is 4.92. The molecule has 0 aliphatic carbocycles. The van der Waals surface area contributed by atoms with Gasteiger partial charge in [-0.05, 0) is 24.4 Å². The SMILES string of the molecule is CNC(=S)Nc1ccc(OC)cc1N[O-]. The van der Waals surface area contributed by atoms with Crippen molar-refractivity contribution in [2.45, 2.75) is 0 Å². The molecule has 0 heterocycles. The van der Waals surface area contributed by atoms with Gasteiger partial charge in [-0.15, -0.1) is 0 Å². The number of anilines is 2. The molecule has 3 N–H and O–H groups in total. The van der Waals surface area contributed by atoms with Crippen LogP contribution < -0.4 is 20.9 Å². The molecule has 1 rings (SSSR count). The first-order valence-electron chi connectivity index (χ1n) is 4.26. The molecular weight excluding hydrogens is 214 g/mol. The summed E-state index contributed by atoms with van der Waals surface area (Å²) in [4.78, 5) is 0. The van der Waals surface area contributed by atoms with Crippen LogP contribution in [0.1, 0.15) is 0 Å². The van der Waals surface area contributed by atoms with Crippen molar-refractivity contribution in [3.05, 3.63) is 23.4 Å². The molecule has 1 aromatic carbocycles. The van der Waals surface area contributed by atoms with Crippen LogP contribution in [0.4, 0.5) is 11.4 Å². The smallest absolute Gasteiger partial charge is 0.170 e. The Hall–Kier alpha value is -1.53. The van der Waals surface area contributed by atoms with E-state index in [9.17, 15) is 5.21 Å². The third-order valence-electron chi connectivity index (χ3n) is 1.81. The average Bonchev–Trinajstić information content (AvgIpc) is 2.29. The lowest BCUT2D eigenvalue weighted by Gasteiger charge is -2.17. The standard InChI is InChI=1S/C9H12N3O2S/c1-10-9(15)11-7-4-3-6(14-2)5-8(7)12-13/h3-5,12H,1-2H3,(H2,10,11,15)/q-1. The molecule has 6 heteroatoms. The Morgan fingerprint density at radius 3 is 2.67 bits per heavy atom. The summed E-state index contributed by atoms with van der Waals surface area (Å²) in [5.41, 5.74) is 2.80. The summed E-state index contributed by atoms with van der Waals surface area (Å²) in [6.07, 6.45) is 0. The lowest BCUT2D eigenvalue weighted by Crippen LogP contribution is -2.24. The van der Waals surface area contributed by atoms with Gasteiger partial charge in [-0.25, -0.2) is 0 Å². The lowest BCUT2D eigenvalue weighted by atomic mass is 10.2. The monoisotopic (exact) mass is 226 g/mol. The van der Waals surface area contributed by atoms with Crippen molar-refractivity contribution in [3.8, 4) is 5.75 Å². The molecule has 0 atom stereocenters. The van der Waals surface area contributed by atoms with Crippen molar-refractivity contribution in [2.75, 3.05) is 25.0 Å². The van der Waals surface area contributed by atoms with Crippen molar-refractivity contribution < 1.29 is 4.74 Å². The molecule has 0 fully saturated rings. The Labute approximate surface area is 93.4 Å². The summed E-state index contributed by atoms with van der Waals surface area (Å²) in [5, 5.41) is 16.7. The maximum atomic E-state index is 10.7. The predicted octanol–water partition coefficient (Wildman–Crippen LogP) is 1.52. The normalized spacial score (nSPS) is 9.27. The third kappa shape index (κ3) is 2.97. The van der Waals surface area contributed by atoms with Crippen LogP contribution in [-0.2, 0) is 0 Å². The number of hydrogen-bond acceptors (Lipinski definition) is 4. The zero-order valence-electron chi connectivity index (χ0n) is 8.46. The average molecular weight is 226 g/mol. The zero-order valence-corrected chi connectivity index (χ0v) is 9.27. The van der Waals surface area contributed by atoms with Crippen molar-refractivity contribution in [1.82, 2.24) is 5.32 Å². The molecule has 15 heavy (non-hydrogen) atoms. The molecule has 5 nitrogen and oxygen atoms in total. The molecule has 0 amide bonds. The Balaban J connectivity index is 2.92. The van der Waals surface area contributed by atoms with E-state index in [1.54, 1.807) is 25.2 Å². The van der Waals surface area contributed by atoms with E-state index in [1.807, 2.05) is 5.48 Å². The minimum absolute atomic E-state index is 0.381. The van der Waals surface area contributed by atoms with Crippen molar-refractivity contribution >= 4 is 28.7 Å². The molecule has 0 unspecified atom stereocenters. The van der Waals surface area contributed by atoms with E-state index in [-0.39, 0.29) is 0 Å². The number of nitrogens with one attached hydrogen (secondary N) is 3. The topological polar surface area (TPSA) is 68.4 Å².